The lowest BCUT2D eigenvalue weighted by atomic mass is 10.1. The van der Waals surface area contributed by atoms with Crippen LogP contribution >= 0.6 is 0 Å². The average molecular weight is 203 g/mol. The van der Waals surface area contributed by atoms with Gasteiger partial charge in [0.05, 0.1) is 11.7 Å². The second kappa shape index (κ2) is 4.03. The van der Waals surface area contributed by atoms with Crippen LogP contribution in [-0.2, 0) is 13.0 Å². The van der Waals surface area contributed by atoms with Gasteiger partial charge in [0.2, 0.25) is 0 Å². The zero-order valence-electron chi connectivity index (χ0n) is 9.27. The third-order valence-electron chi connectivity index (χ3n) is 2.56. The van der Waals surface area contributed by atoms with Crippen LogP contribution in [-0.4, -0.2) is 15.8 Å². The lowest BCUT2D eigenvalue weighted by Gasteiger charge is -2.05. The van der Waals surface area contributed by atoms with Gasteiger partial charge in [-0.15, -0.1) is 0 Å². The normalized spacial score (nSPS) is 13.3. The summed E-state index contributed by atoms with van der Waals surface area (Å²) >= 11 is 0. The van der Waals surface area contributed by atoms with Crippen LogP contribution in [0.3, 0.4) is 0 Å². The van der Waals surface area contributed by atoms with Gasteiger partial charge in [-0.05, 0) is 38.0 Å². The Hall–Kier alpha value is -1.35. The van der Waals surface area contributed by atoms with Gasteiger partial charge < -0.3 is 5.73 Å². The molecule has 1 unspecified atom stereocenters. The standard InChI is InChI=1S/C12H17N3/c1-3-15-12-5-4-10(6-9(2)13)7-11(12)8-14-15/h4-5,7-9H,3,6,13H2,1-2H3. The van der Waals surface area contributed by atoms with Crippen LogP contribution < -0.4 is 5.73 Å². The van der Waals surface area contributed by atoms with Gasteiger partial charge in [-0.1, -0.05) is 6.07 Å². The fourth-order valence-corrected chi connectivity index (χ4v) is 1.89. The highest BCUT2D eigenvalue weighted by atomic mass is 15.3. The molecule has 0 bridgehead atoms. The van der Waals surface area contributed by atoms with Gasteiger partial charge in [-0.25, -0.2) is 0 Å². The average Bonchev–Trinajstić information content (AvgIpc) is 2.58. The molecular formula is C12H17N3. The van der Waals surface area contributed by atoms with Crippen LogP contribution in [0.15, 0.2) is 24.4 Å². The Labute approximate surface area is 89.9 Å². The molecule has 0 spiro atoms. The topological polar surface area (TPSA) is 43.8 Å². The van der Waals surface area contributed by atoms with Gasteiger partial charge in [0.1, 0.15) is 0 Å². The molecule has 0 aliphatic heterocycles. The number of aromatic nitrogens is 2. The van der Waals surface area contributed by atoms with Crippen molar-refractivity contribution in [3.63, 3.8) is 0 Å². The molecule has 15 heavy (non-hydrogen) atoms. The van der Waals surface area contributed by atoms with Crippen molar-refractivity contribution in [2.24, 2.45) is 5.73 Å². The molecule has 0 aliphatic carbocycles. The van der Waals surface area contributed by atoms with Gasteiger partial charge in [0, 0.05) is 18.0 Å². The van der Waals surface area contributed by atoms with Crippen molar-refractivity contribution < 1.29 is 0 Å². The molecule has 80 valence electrons. The third-order valence-corrected chi connectivity index (χ3v) is 2.56. The number of nitrogens with zero attached hydrogens (tertiary/aromatic N) is 2. The third kappa shape index (κ3) is 2.02. The van der Waals surface area contributed by atoms with E-state index in [1.807, 2.05) is 17.8 Å². The Balaban J connectivity index is 2.39. The summed E-state index contributed by atoms with van der Waals surface area (Å²) in [7, 11) is 0. The number of rotatable bonds is 3. The van der Waals surface area contributed by atoms with Gasteiger partial charge in [-0.3, -0.25) is 4.68 Å². The lowest BCUT2D eigenvalue weighted by molar-refractivity contribution is 0.684. The zero-order chi connectivity index (χ0) is 10.8. The first kappa shape index (κ1) is 10.2. The van der Waals surface area contributed by atoms with Gasteiger partial charge in [0.25, 0.3) is 0 Å². The highest BCUT2D eigenvalue weighted by Gasteiger charge is 2.03. The summed E-state index contributed by atoms with van der Waals surface area (Å²) < 4.78 is 2.00. The molecule has 1 heterocycles. The second-order valence-electron chi connectivity index (χ2n) is 4.03. The maximum atomic E-state index is 5.78. The first-order valence-electron chi connectivity index (χ1n) is 5.40. The molecule has 2 rings (SSSR count). The Kier molecular flexibility index (Phi) is 2.73. The molecule has 1 aromatic carbocycles. The number of hydrogen-bond donors (Lipinski definition) is 1. The molecule has 2 N–H and O–H groups in total. The highest BCUT2D eigenvalue weighted by Crippen LogP contribution is 2.16. The summed E-state index contributed by atoms with van der Waals surface area (Å²) in [5.74, 6) is 0. The van der Waals surface area contributed by atoms with Crippen LogP contribution in [0.1, 0.15) is 19.4 Å². The van der Waals surface area contributed by atoms with E-state index < -0.39 is 0 Å². The molecule has 0 saturated carbocycles. The zero-order valence-corrected chi connectivity index (χ0v) is 9.27. The van der Waals surface area contributed by atoms with E-state index in [0.29, 0.717) is 0 Å². The van der Waals surface area contributed by atoms with Crippen molar-refractivity contribution in [1.82, 2.24) is 9.78 Å². The molecular weight excluding hydrogens is 186 g/mol. The fraction of sp³-hybridized carbons (Fsp3) is 0.417. The van der Waals surface area contributed by atoms with Crippen LogP contribution in [0.4, 0.5) is 0 Å². The van der Waals surface area contributed by atoms with E-state index in [0.717, 1.165) is 13.0 Å². The first-order valence-corrected chi connectivity index (χ1v) is 5.40. The van der Waals surface area contributed by atoms with Gasteiger partial charge in [-0.2, -0.15) is 5.10 Å². The van der Waals surface area contributed by atoms with Crippen LogP contribution in [0, 0.1) is 0 Å². The monoisotopic (exact) mass is 203 g/mol. The van der Waals surface area contributed by atoms with Crippen LogP contribution in [0.5, 0.6) is 0 Å². The van der Waals surface area contributed by atoms with E-state index in [-0.39, 0.29) is 6.04 Å². The van der Waals surface area contributed by atoms with Crippen LogP contribution in [0.25, 0.3) is 10.9 Å². The maximum Gasteiger partial charge on any atom is 0.0682 e. The number of fused-ring (bicyclic) bond motifs is 1. The Morgan fingerprint density at radius 3 is 2.93 bits per heavy atom. The maximum absolute atomic E-state index is 5.78. The lowest BCUT2D eigenvalue weighted by Crippen LogP contribution is -2.17. The fourth-order valence-electron chi connectivity index (χ4n) is 1.89. The predicted molar refractivity (Wildman–Crippen MR) is 62.8 cm³/mol. The van der Waals surface area contributed by atoms with E-state index in [4.69, 9.17) is 5.73 Å². The Bertz CT molecular complexity index is 457. The summed E-state index contributed by atoms with van der Waals surface area (Å²) in [4.78, 5) is 0. The molecule has 2 aromatic rings. The molecule has 0 saturated heterocycles. The summed E-state index contributed by atoms with van der Waals surface area (Å²) in [6.07, 6.45) is 2.84. The highest BCUT2D eigenvalue weighted by molar-refractivity contribution is 5.79. The van der Waals surface area contributed by atoms with E-state index in [9.17, 15) is 0 Å². The molecule has 0 amide bonds. The van der Waals surface area contributed by atoms with Crippen molar-refractivity contribution in [2.45, 2.75) is 32.9 Å². The molecule has 3 nitrogen and oxygen atoms in total. The first-order chi connectivity index (χ1) is 7.20. The van der Waals surface area contributed by atoms with Gasteiger partial charge >= 0.3 is 0 Å². The minimum Gasteiger partial charge on any atom is -0.328 e. The van der Waals surface area contributed by atoms with Crippen molar-refractivity contribution in [3.05, 3.63) is 30.0 Å². The van der Waals surface area contributed by atoms with Crippen molar-refractivity contribution in [3.8, 4) is 0 Å². The SMILES string of the molecule is CCn1ncc2cc(CC(C)N)ccc21. The quantitative estimate of drug-likeness (QED) is 0.828. The van der Waals surface area contributed by atoms with Crippen LogP contribution in [0.2, 0.25) is 0 Å². The molecule has 0 fully saturated rings. The van der Waals surface area contributed by atoms with E-state index >= 15 is 0 Å². The number of nitrogens with two attached hydrogens (primary N) is 1. The van der Waals surface area contributed by atoms with Gasteiger partial charge in [0.15, 0.2) is 0 Å². The Morgan fingerprint density at radius 1 is 1.47 bits per heavy atom. The Morgan fingerprint density at radius 2 is 2.27 bits per heavy atom. The summed E-state index contributed by atoms with van der Waals surface area (Å²) in [5, 5.41) is 5.52. The molecule has 3 heteroatoms. The van der Waals surface area contributed by atoms with E-state index in [1.54, 1.807) is 0 Å². The molecule has 1 atom stereocenters. The summed E-state index contributed by atoms with van der Waals surface area (Å²) in [5.41, 5.74) is 8.26. The molecule has 0 aliphatic rings. The minimum atomic E-state index is 0.212. The van der Waals surface area contributed by atoms with Crippen molar-refractivity contribution in [1.29, 1.82) is 0 Å². The molecule has 0 radical (unpaired) electrons. The van der Waals surface area contributed by atoms with Crippen molar-refractivity contribution >= 4 is 10.9 Å². The number of benzene rings is 1. The van der Waals surface area contributed by atoms with E-state index in [1.165, 1.54) is 16.5 Å². The predicted octanol–water partition coefficient (Wildman–Crippen LogP) is 1.95. The second-order valence-corrected chi connectivity index (χ2v) is 4.03. The number of hydrogen-bond acceptors (Lipinski definition) is 2. The molecule has 1 aromatic heterocycles. The summed E-state index contributed by atoms with van der Waals surface area (Å²) in [6.45, 7) is 5.04. The van der Waals surface area contributed by atoms with Crippen molar-refractivity contribution in [2.75, 3.05) is 0 Å². The van der Waals surface area contributed by atoms with E-state index in [2.05, 4.69) is 30.2 Å². The largest absolute Gasteiger partial charge is 0.328 e. The smallest absolute Gasteiger partial charge is 0.0682 e. The summed E-state index contributed by atoms with van der Waals surface area (Å²) in [6, 6.07) is 6.66. The number of aryl methyl sites for hydroxylation is 1. The minimum absolute atomic E-state index is 0.212.